The molecule has 0 radical (unpaired) electrons. The molecule has 1 rings (SSSR count). The number of ether oxygens (including phenoxy) is 1. The summed E-state index contributed by atoms with van der Waals surface area (Å²) in [7, 11) is 1.98. The Labute approximate surface area is 113 Å². The van der Waals surface area contributed by atoms with Gasteiger partial charge in [-0.05, 0) is 38.6 Å². The van der Waals surface area contributed by atoms with E-state index in [-0.39, 0.29) is 0 Å². The van der Waals surface area contributed by atoms with Crippen LogP contribution in [0.4, 0.5) is 0 Å². The lowest BCUT2D eigenvalue weighted by Crippen LogP contribution is -2.07. The predicted octanol–water partition coefficient (Wildman–Crippen LogP) is 4.15. The van der Waals surface area contributed by atoms with Crippen molar-refractivity contribution in [3.05, 3.63) is 28.2 Å². The van der Waals surface area contributed by atoms with Gasteiger partial charge in [-0.2, -0.15) is 0 Å². The normalized spacial score (nSPS) is 10.5. The fraction of sp³-hybridized carbons (Fsp3) is 0.538. The van der Waals surface area contributed by atoms with Gasteiger partial charge in [0.25, 0.3) is 0 Å². The molecular weight excluding hydrogens is 257 g/mol. The molecule has 0 saturated heterocycles. The summed E-state index contributed by atoms with van der Waals surface area (Å²) in [5, 5.41) is 4.18. The molecule has 0 fully saturated rings. The van der Waals surface area contributed by atoms with Crippen molar-refractivity contribution in [3.63, 3.8) is 0 Å². The summed E-state index contributed by atoms with van der Waals surface area (Å²) < 4.78 is 5.59. The average molecular weight is 276 g/mol. The van der Waals surface area contributed by atoms with Crippen LogP contribution in [0.1, 0.15) is 25.7 Å². The predicted molar refractivity (Wildman–Crippen MR) is 74.4 cm³/mol. The number of hydrogen-bond acceptors (Lipinski definition) is 2. The van der Waals surface area contributed by atoms with Crippen molar-refractivity contribution >= 4 is 23.2 Å². The van der Waals surface area contributed by atoms with Gasteiger partial charge in [0, 0.05) is 0 Å². The van der Waals surface area contributed by atoms with Gasteiger partial charge in [0.05, 0.1) is 11.6 Å². The van der Waals surface area contributed by atoms with Crippen molar-refractivity contribution in [1.82, 2.24) is 5.32 Å². The number of nitrogens with one attached hydrogen (secondary N) is 1. The van der Waals surface area contributed by atoms with E-state index in [0.717, 1.165) is 13.0 Å². The highest BCUT2D eigenvalue weighted by Gasteiger charge is 2.04. The van der Waals surface area contributed by atoms with Crippen LogP contribution in [0.3, 0.4) is 0 Å². The third kappa shape index (κ3) is 5.62. The van der Waals surface area contributed by atoms with Crippen molar-refractivity contribution < 1.29 is 4.74 Å². The smallest absolute Gasteiger partial charge is 0.139 e. The van der Waals surface area contributed by atoms with Crippen LogP contribution in [0.25, 0.3) is 0 Å². The van der Waals surface area contributed by atoms with Gasteiger partial charge in [-0.25, -0.2) is 0 Å². The van der Waals surface area contributed by atoms with Gasteiger partial charge in [0.1, 0.15) is 10.8 Å². The lowest BCUT2D eigenvalue weighted by atomic mass is 10.2. The Bertz CT molecular complexity index is 331. The van der Waals surface area contributed by atoms with E-state index < -0.39 is 0 Å². The topological polar surface area (TPSA) is 21.3 Å². The molecule has 0 bridgehead atoms. The number of benzene rings is 1. The van der Waals surface area contributed by atoms with Gasteiger partial charge in [-0.3, -0.25) is 0 Å². The molecule has 2 nitrogen and oxygen atoms in total. The maximum atomic E-state index is 6.01. The van der Waals surface area contributed by atoms with Gasteiger partial charge in [-0.1, -0.05) is 42.1 Å². The molecule has 0 amide bonds. The van der Waals surface area contributed by atoms with E-state index in [1.54, 1.807) is 6.07 Å². The zero-order valence-corrected chi connectivity index (χ0v) is 11.7. The largest absolute Gasteiger partial charge is 0.492 e. The van der Waals surface area contributed by atoms with E-state index in [9.17, 15) is 0 Å². The summed E-state index contributed by atoms with van der Waals surface area (Å²) in [6, 6.07) is 5.44. The fourth-order valence-corrected chi connectivity index (χ4v) is 1.88. The van der Waals surface area contributed by atoms with E-state index in [0.29, 0.717) is 22.4 Å². The Balaban J connectivity index is 2.16. The van der Waals surface area contributed by atoms with Crippen LogP contribution in [-0.2, 0) is 0 Å². The Hall–Kier alpha value is -0.440. The first-order valence-corrected chi connectivity index (χ1v) is 6.72. The van der Waals surface area contributed by atoms with E-state index in [4.69, 9.17) is 27.9 Å². The maximum absolute atomic E-state index is 6.01. The molecule has 17 heavy (non-hydrogen) atoms. The van der Waals surface area contributed by atoms with Crippen LogP contribution in [0.15, 0.2) is 18.2 Å². The molecule has 1 aromatic carbocycles. The maximum Gasteiger partial charge on any atom is 0.139 e. The molecule has 0 aromatic heterocycles. The van der Waals surface area contributed by atoms with Gasteiger partial charge in [0.2, 0.25) is 0 Å². The zero-order valence-electron chi connectivity index (χ0n) is 10.1. The van der Waals surface area contributed by atoms with E-state index in [1.807, 2.05) is 19.2 Å². The summed E-state index contributed by atoms with van der Waals surface area (Å²) in [5.74, 6) is 0.675. The number of unbranched alkanes of at least 4 members (excludes halogenated alkanes) is 3. The van der Waals surface area contributed by atoms with E-state index >= 15 is 0 Å². The summed E-state index contributed by atoms with van der Waals surface area (Å²) >= 11 is 11.9. The molecule has 0 saturated carbocycles. The number of halogens is 2. The lowest BCUT2D eigenvalue weighted by Gasteiger charge is -2.08. The van der Waals surface area contributed by atoms with Crippen LogP contribution < -0.4 is 10.1 Å². The molecule has 0 aliphatic heterocycles. The minimum atomic E-state index is 0.504. The van der Waals surface area contributed by atoms with E-state index in [1.165, 1.54) is 19.3 Å². The third-order valence-electron chi connectivity index (χ3n) is 2.49. The molecule has 0 unspecified atom stereocenters. The molecule has 1 aromatic rings. The standard InChI is InChI=1S/C13H19Cl2NO/c1-16-9-4-2-3-5-10-17-12-8-6-7-11(14)13(12)15/h6-8,16H,2-5,9-10H2,1H3. The highest BCUT2D eigenvalue weighted by atomic mass is 35.5. The van der Waals surface area contributed by atoms with Gasteiger partial charge < -0.3 is 10.1 Å². The van der Waals surface area contributed by atoms with Crippen molar-refractivity contribution in [1.29, 1.82) is 0 Å². The minimum Gasteiger partial charge on any atom is -0.492 e. The number of hydrogen-bond donors (Lipinski definition) is 1. The first-order chi connectivity index (χ1) is 8.25. The van der Waals surface area contributed by atoms with Crippen molar-refractivity contribution in [2.45, 2.75) is 25.7 Å². The monoisotopic (exact) mass is 275 g/mol. The summed E-state index contributed by atoms with van der Waals surface area (Å²) in [6.07, 6.45) is 4.67. The molecule has 1 N–H and O–H groups in total. The minimum absolute atomic E-state index is 0.504. The summed E-state index contributed by atoms with van der Waals surface area (Å²) in [4.78, 5) is 0. The molecule has 0 atom stereocenters. The summed E-state index contributed by atoms with van der Waals surface area (Å²) in [6.45, 7) is 1.78. The van der Waals surface area contributed by atoms with Crippen LogP contribution in [-0.4, -0.2) is 20.2 Å². The fourth-order valence-electron chi connectivity index (χ4n) is 1.54. The first kappa shape index (κ1) is 14.6. The van der Waals surface area contributed by atoms with Crippen LogP contribution in [0.5, 0.6) is 5.75 Å². The third-order valence-corrected chi connectivity index (χ3v) is 3.30. The molecule has 0 heterocycles. The van der Waals surface area contributed by atoms with E-state index in [2.05, 4.69) is 5.32 Å². The number of rotatable bonds is 8. The lowest BCUT2D eigenvalue weighted by molar-refractivity contribution is 0.305. The zero-order chi connectivity index (χ0) is 12.5. The highest BCUT2D eigenvalue weighted by molar-refractivity contribution is 6.42. The van der Waals surface area contributed by atoms with Crippen LogP contribution in [0.2, 0.25) is 10.0 Å². The SMILES string of the molecule is CNCCCCCCOc1cccc(Cl)c1Cl. The molecule has 0 spiro atoms. The Kier molecular flexibility index (Phi) is 7.41. The molecular formula is C13H19Cl2NO. The Morgan fingerprint density at radius 3 is 2.65 bits per heavy atom. The average Bonchev–Trinajstić information content (AvgIpc) is 2.33. The van der Waals surface area contributed by atoms with Crippen molar-refractivity contribution in [2.24, 2.45) is 0 Å². The van der Waals surface area contributed by atoms with Crippen LogP contribution in [0, 0.1) is 0 Å². The second kappa shape index (κ2) is 8.62. The van der Waals surface area contributed by atoms with Gasteiger partial charge >= 0.3 is 0 Å². The van der Waals surface area contributed by atoms with Gasteiger partial charge in [-0.15, -0.1) is 0 Å². The summed E-state index contributed by atoms with van der Waals surface area (Å²) in [5.41, 5.74) is 0. The molecule has 4 heteroatoms. The Morgan fingerprint density at radius 1 is 1.12 bits per heavy atom. The molecule has 0 aliphatic rings. The first-order valence-electron chi connectivity index (χ1n) is 5.97. The second-order valence-corrected chi connectivity index (χ2v) is 4.70. The quantitative estimate of drug-likeness (QED) is 0.720. The van der Waals surface area contributed by atoms with Crippen molar-refractivity contribution in [2.75, 3.05) is 20.2 Å². The highest BCUT2D eigenvalue weighted by Crippen LogP contribution is 2.31. The van der Waals surface area contributed by atoms with Crippen LogP contribution >= 0.6 is 23.2 Å². The molecule has 96 valence electrons. The van der Waals surface area contributed by atoms with Gasteiger partial charge in [0.15, 0.2) is 0 Å². The van der Waals surface area contributed by atoms with Crippen molar-refractivity contribution in [3.8, 4) is 5.75 Å². The molecule has 0 aliphatic carbocycles. The second-order valence-electron chi connectivity index (χ2n) is 3.92. The Morgan fingerprint density at radius 2 is 1.88 bits per heavy atom.